The van der Waals surface area contributed by atoms with Crippen molar-refractivity contribution in [2.45, 2.75) is 12.6 Å². The van der Waals surface area contributed by atoms with Crippen molar-refractivity contribution in [3.63, 3.8) is 0 Å². The van der Waals surface area contributed by atoms with Crippen LogP contribution in [0.3, 0.4) is 0 Å². The van der Waals surface area contributed by atoms with E-state index < -0.39 is 17.7 Å². The van der Waals surface area contributed by atoms with Crippen LogP contribution >= 0.6 is 11.3 Å². The average molecular weight is 415 g/mol. The first-order chi connectivity index (χ1) is 14.6. The maximum absolute atomic E-state index is 13.0. The second-order valence-electron chi connectivity index (χ2n) is 7.08. The van der Waals surface area contributed by atoms with Crippen LogP contribution in [0.5, 0.6) is 0 Å². The first-order valence-electron chi connectivity index (χ1n) is 9.47. The second kappa shape index (κ2) is 7.31. The van der Waals surface area contributed by atoms with Crippen LogP contribution < -0.4 is 0 Å². The van der Waals surface area contributed by atoms with Crippen LogP contribution in [0.4, 0.5) is 0 Å². The van der Waals surface area contributed by atoms with E-state index in [9.17, 15) is 14.7 Å². The molecule has 3 heterocycles. The molecule has 1 atom stereocenters. The number of hydrogen-bond acceptors (Lipinski definition) is 5. The van der Waals surface area contributed by atoms with Gasteiger partial charge in [-0.2, -0.15) is 0 Å². The summed E-state index contributed by atoms with van der Waals surface area (Å²) >= 11 is 1.51. The van der Waals surface area contributed by atoms with Gasteiger partial charge in [-0.25, -0.2) is 0 Å². The van der Waals surface area contributed by atoms with Gasteiger partial charge in [-0.3, -0.25) is 9.59 Å². The molecule has 0 saturated carbocycles. The number of ketones is 1. The molecular weight excluding hydrogens is 398 g/mol. The highest BCUT2D eigenvalue weighted by atomic mass is 32.1. The van der Waals surface area contributed by atoms with Crippen molar-refractivity contribution in [3.05, 3.63) is 100 Å². The highest BCUT2D eigenvalue weighted by molar-refractivity contribution is 7.09. The first kappa shape index (κ1) is 18.4. The molecule has 0 spiro atoms. The van der Waals surface area contributed by atoms with E-state index in [1.165, 1.54) is 22.5 Å². The predicted molar refractivity (Wildman–Crippen MR) is 115 cm³/mol. The molecule has 1 unspecified atom stereocenters. The van der Waals surface area contributed by atoms with Gasteiger partial charge in [-0.05, 0) is 40.4 Å². The summed E-state index contributed by atoms with van der Waals surface area (Å²) in [6.07, 6.45) is 1.50. The number of rotatable bonds is 4. The van der Waals surface area contributed by atoms with Gasteiger partial charge >= 0.3 is 0 Å². The number of carbonyl (C=O) groups excluding carboxylic acids is 2. The molecule has 6 heteroatoms. The summed E-state index contributed by atoms with van der Waals surface area (Å²) in [5, 5.41) is 15.0. The van der Waals surface area contributed by atoms with E-state index in [4.69, 9.17) is 4.42 Å². The van der Waals surface area contributed by atoms with Crippen LogP contribution in [0.15, 0.2) is 88.4 Å². The standard InChI is InChI=1S/C24H17NO4S/c26-22(17-10-9-15-5-1-2-6-16(15)13-17)20-21(19-8-3-11-29-19)25(24(28)23(20)27)14-18-7-4-12-30-18/h1-13,21,26H,14H2/b22-20-. The van der Waals surface area contributed by atoms with Crippen molar-refractivity contribution in [2.24, 2.45) is 0 Å². The van der Waals surface area contributed by atoms with E-state index >= 15 is 0 Å². The molecule has 1 fully saturated rings. The Morgan fingerprint density at radius 3 is 2.57 bits per heavy atom. The molecule has 1 saturated heterocycles. The molecule has 30 heavy (non-hydrogen) atoms. The normalized spacial score (nSPS) is 18.4. The summed E-state index contributed by atoms with van der Waals surface area (Å²) in [4.78, 5) is 28.3. The van der Waals surface area contributed by atoms with Crippen molar-refractivity contribution >= 4 is 39.6 Å². The van der Waals surface area contributed by atoms with Crippen LogP contribution in [-0.4, -0.2) is 21.7 Å². The van der Waals surface area contributed by atoms with Crippen molar-refractivity contribution in [3.8, 4) is 0 Å². The lowest BCUT2D eigenvalue weighted by atomic mass is 9.97. The third-order valence-electron chi connectivity index (χ3n) is 5.28. The zero-order valence-electron chi connectivity index (χ0n) is 15.8. The van der Waals surface area contributed by atoms with Crippen molar-refractivity contribution in [2.75, 3.05) is 0 Å². The molecule has 1 N–H and O–H groups in total. The maximum Gasteiger partial charge on any atom is 0.296 e. The first-order valence-corrected chi connectivity index (χ1v) is 10.3. The summed E-state index contributed by atoms with van der Waals surface area (Å²) in [5.41, 5.74) is 0.529. The van der Waals surface area contributed by atoms with Gasteiger partial charge in [0.2, 0.25) is 0 Å². The van der Waals surface area contributed by atoms with Crippen molar-refractivity contribution < 1.29 is 19.1 Å². The molecule has 1 aliphatic heterocycles. The molecule has 0 bridgehead atoms. The van der Waals surface area contributed by atoms with E-state index in [-0.39, 0.29) is 17.9 Å². The SMILES string of the molecule is O=C1C(=O)N(Cc2cccs2)C(c2ccco2)/C1=C(/O)c1ccc2ccccc2c1. The Kier molecular flexibility index (Phi) is 4.48. The molecular formula is C24H17NO4S. The van der Waals surface area contributed by atoms with Crippen LogP contribution in [0.2, 0.25) is 0 Å². The Balaban J connectivity index is 1.65. The summed E-state index contributed by atoms with van der Waals surface area (Å²) < 4.78 is 5.56. The monoisotopic (exact) mass is 415 g/mol. The maximum atomic E-state index is 13.0. The molecule has 0 aliphatic carbocycles. The highest BCUT2D eigenvalue weighted by Crippen LogP contribution is 2.41. The largest absolute Gasteiger partial charge is 0.507 e. The molecule has 1 amide bonds. The van der Waals surface area contributed by atoms with Crippen molar-refractivity contribution in [1.29, 1.82) is 0 Å². The number of carbonyl (C=O) groups is 2. The minimum Gasteiger partial charge on any atom is -0.507 e. The summed E-state index contributed by atoms with van der Waals surface area (Å²) in [6.45, 7) is 0.266. The number of aliphatic hydroxyl groups is 1. The Hall–Kier alpha value is -3.64. The number of fused-ring (bicyclic) bond motifs is 1. The number of hydrogen-bond donors (Lipinski definition) is 1. The van der Waals surface area contributed by atoms with E-state index in [1.54, 1.807) is 18.2 Å². The van der Waals surface area contributed by atoms with E-state index in [0.29, 0.717) is 11.3 Å². The summed E-state index contributed by atoms with van der Waals surface area (Å²) in [6, 6.07) is 19.7. The van der Waals surface area contributed by atoms with Gasteiger partial charge in [0, 0.05) is 10.4 Å². The van der Waals surface area contributed by atoms with E-state index in [0.717, 1.165) is 15.6 Å². The molecule has 4 aromatic rings. The Morgan fingerprint density at radius 1 is 1.00 bits per heavy atom. The quantitative estimate of drug-likeness (QED) is 0.285. The topological polar surface area (TPSA) is 70.8 Å². The fourth-order valence-corrected chi connectivity index (χ4v) is 4.55. The number of Topliss-reactive ketones (excluding diaryl/α,β-unsaturated/α-hetero) is 1. The molecule has 2 aromatic heterocycles. The summed E-state index contributed by atoms with van der Waals surface area (Å²) in [7, 11) is 0. The number of likely N-dealkylation sites (tertiary alicyclic amines) is 1. The number of amides is 1. The second-order valence-corrected chi connectivity index (χ2v) is 8.12. The lowest BCUT2D eigenvalue weighted by Crippen LogP contribution is -2.28. The highest BCUT2D eigenvalue weighted by Gasteiger charge is 2.47. The summed E-state index contributed by atoms with van der Waals surface area (Å²) in [5.74, 6) is -1.12. The Bertz CT molecular complexity index is 1270. The number of nitrogens with zero attached hydrogens (tertiary/aromatic N) is 1. The number of aliphatic hydroxyl groups excluding tert-OH is 1. The van der Waals surface area contributed by atoms with Gasteiger partial charge in [0.25, 0.3) is 11.7 Å². The molecule has 0 radical (unpaired) electrons. The van der Waals surface area contributed by atoms with Crippen molar-refractivity contribution in [1.82, 2.24) is 4.90 Å². The van der Waals surface area contributed by atoms with Gasteiger partial charge in [-0.1, -0.05) is 42.5 Å². The minimum absolute atomic E-state index is 0.0433. The lowest BCUT2D eigenvalue weighted by molar-refractivity contribution is -0.140. The minimum atomic E-state index is -0.784. The third-order valence-corrected chi connectivity index (χ3v) is 6.14. The number of benzene rings is 2. The lowest BCUT2D eigenvalue weighted by Gasteiger charge is -2.22. The Labute approximate surface area is 176 Å². The van der Waals surface area contributed by atoms with Gasteiger partial charge in [0.05, 0.1) is 18.4 Å². The zero-order chi connectivity index (χ0) is 20.7. The fraction of sp³-hybridized carbons (Fsp3) is 0.0833. The van der Waals surface area contributed by atoms with Gasteiger partial charge in [0.1, 0.15) is 17.6 Å². The third kappa shape index (κ3) is 3.02. The molecule has 148 valence electrons. The van der Waals surface area contributed by atoms with E-state index in [2.05, 4.69) is 0 Å². The molecule has 5 nitrogen and oxygen atoms in total. The average Bonchev–Trinajstić information content (AvgIpc) is 3.52. The Morgan fingerprint density at radius 2 is 1.83 bits per heavy atom. The predicted octanol–water partition coefficient (Wildman–Crippen LogP) is 5.12. The van der Waals surface area contributed by atoms with E-state index in [1.807, 2.05) is 53.9 Å². The number of furan rings is 1. The van der Waals surface area contributed by atoms with Crippen LogP contribution in [0, 0.1) is 0 Å². The molecule has 5 rings (SSSR count). The zero-order valence-corrected chi connectivity index (χ0v) is 16.6. The molecule has 1 aliphatic rings. The van der Waals surface area contributed by atoms with Gasteiger partial charge in [0.15, 0.2) is 0 Å². The van der Waals surface area contributed by atoms with Crippen LogP contribution in [0.25, 0.3) is 16.5 Å². The van der Waals surface area contributed by atoms with Gasteiger partial charge < -0.3 is 14.4 Å². The number of thiophene rings is 1. The smallest absolute Gasteiger partial charge is 0.296 e. The molecule has 2 aromatic carbocycles. The van der Waals surface area contributed by atoms with Gasteiger partial charge in [-0.15, -0.1) is 11.3 Å². The van der Waals surface area contributed by atoms with Crippen LogP contribution in [-0.2, 0) is 16.1 Å². The fourth-order valence-electron chi connectivity index (χ4n) is 3.85. The van der Waals surface area contributed by atoms with Crippen LogP contribution in [0.1, 0.15) is 22.2 Å².